The van der Waals surface area contributed by atoms with E-state index in [1.54, 1.807) is 0 Å². The van der Waals surface area contributed by atoms with Crippen LogP contribution in [0, 0.1) is 5.41 Å². The van der Waals surface area contributed by atoms with Crippen LogP contribution in [0.5, 0.6) is 0 Å². The highest BCUT2D eigenvalue weighted by Crippen LogP contribution is 2.51. The lowest BCUT2D eigenvalue weighted by Crippen LogP contribution is -2.51. The Morgan fingerprint density at radius 2 is 2.00 bits per heavy atom. The quantitative estimate of drug-likeness (QED) is 0.853. The Bertz CT molecular complexity index is 301. The number of rotatable bonds is 3. The monoisotopic (exact) mass is 267 g/mol. The number of hydrogen-bond acceptors (Lipinski definition) is 3. The Morgan fingerprint density at radius 1 is 1.21 bits per heavy atom. The van der Waals surface area contributed by atoms with Crippen molar-refractivity contribution >= 4 is 0 Å². The summed E-state index contributed by atoms with van der Waals surface area (Å²) in [5, 5.41) is 10.1. The number of likely N-dealkylation sites (tertiary alicyclic amines) is 1. The molecule has 3 aliphatic rings. The molecule has 3 fully saturated rings. The topological polar surface area (TPSA) is 32.7 Å². The maximum Gasteiger partial charge on any atom is 0.0714 e. The lowest BCUT2D eigenvalue weighted by Gasteiger charge is -2.47. The number of aliphatic hydroxyl groups excluding tert-OH is 1. The summed E-state index contributed by atoms with van der Waals surface area (Å²) in [5.74, 6) is 0. The summed E-state index contributed by atoms with van der Waals surface area (Å²) >= 11 is 0. The van der Waals surface area contributed by atoms with E-state index >= 15 is 0 Å². The van der Waals surface area contributed by atoms with Gasteiger partial charge in [0, 0.05) is 25.7 Å². The maximum absolute atomic E-state index is 10.1. The molecule has 110 valence electrons. The summed E-state index contributed by atoms with van der Waals surface area (Å²) in [6.07, 6.45) is 10.4. The van der Waals surface area contributed by atoms with Gasteiger partial charge in [-0.05, 0) is 50.9 Å². The highest BCUT2D eigenvalue weighted by molar-refractivity contribution is 5.01. The van der Waals surface area contributed by atoms with E-state index in [9.17, 15) is 5.11 Å². The van der Waals surface area contributed by atoms with E-state index in [-0.39, 0.29) is 6.10 Å². The summed E-state index contributed by atoms with van der Waals surface area (Å²) in [7, 11) is 0. The number of aliphatic hydroxyl groups is 1. The van der Waals surface area contributed by atoms with Gasteiger partial charge in [-0.3, -0.25) is 4.90 Å². The van der Waals surface area contributed by atoms with E-state index in [1.807, 2.05) is 0 Å². The fourth-order valence-corrected chi connectivity index (χ4v) is 4.85. The zero-order valence-corrected chi connectivity index (χ0v) is 12.3. The molecule has 1 aliphatic heterocycles. The van der Waals surface area contributed by atoms with Crippen LogP contribution in [0.1, 0.15) is 58.3 Å². The molecular formula is C16H29NO2. The lowest BCUT2D eigenvalue weighted by molar-refractivity contribution is -0.0252. The van der Waals surface area contributed by atoms with Crippen molar-refractivity contribution in [1.82, 2.24) is 4.90 Å². The third-order valence-corrected chi connectivity index (χ3v) is 5.80. The Morgan fingerprint density at radius 3 is 2.74 bits per heavy atom. The molecule has 0 amide bonds. The van der Waals surface area contributed by atoms with Crippen molar-refractivity contribution in [3.63, 3.8) is 0 Å². The molecule has 3 atom stereocenters. The van der Waals surface area contributed by atoms with E-state index in [0.717, 1.165) is 26.0 Å². The minimum absolute atomic E-state index is 0.0673. The van der Waals surface area contributed by atoms with Crippen LogP contribution in [0.25, 0.3) is 0 Å². The van der Waals surface area contributed by atoms with Gasteiger partial charge in [-0.15, -0.1) is 0 Å². The Kier molecular flexibility index (Phi) is 4.16. The van der Waals surface area contributed by atoms with Gasteiger partial charge >= 0.3 is 0 Å². The van der Waals surface area contributed by atoms with Gasteiger partial charge in [0.2, 0.25) is 0 Å². The third kappa shape index (κ3) is 2.70. The van der Waals surface area contributed by atoms with Crippen LogP contribution >= 0.6 is 0 Å². The Balaban J connectivity index is 1.69. The van der Waals surface area contributed by atoms with Gasteiger partial charge in [-0.2, -0.15) is 0 Å². The average Bonchev–Trinajstić information content (AvgIpc) is 3.03. The Hall–Kier alpha value is -0.120. The van der Waals surface area contributed by atoms with E-state index in [1.165, 1.54) is 45.1 Å². The first-order valence-electron chi connectivity index (χ1n) is 8.27. The van der Waals surface area contributed by atoms with Crippen molar-refractivity contribution < 1.29 is 9.84 Å². The zero-order chi connectivity index (χ0) is 13.3. The van der Waals surface area contributed by atoms with Crippen LogP contribution in [0.3, 0.4) is 0 Å². The molecule has 0 aromatic carbocycles. The molecule has 3 heteroatoms. The second-order valence-corrected chi connectivity index (χ2v) is 6.87. The molecule has 3 rings (SSSR count). The van der Waals surface area contributed by atoms with E-state index < -0.39 is 0 Å². The predicted molar refractivity (Wildman–Crippen MR) is 76.2 cm³/mol. The SMILES string of the molecule is CCOC1CCN(C2CC(O)CCC23CCCC3)C1. The highest BCUT2D eigenvalue weighted by Gasteiger charge is 2.48. The lowest BCUT2D eigenvalue weighted by atomic mass is 9.67. The molecule has 19 heavy (non-hydrogen) atoms. The second kappa shape index (κ2) is 5.71. The fraction of sp³-hybridized carbons (Fsp3) is 1.00. The first-order valence-corrected chi connectivity index (χ1v) is 8.27. The van der Waals surface area contributed by atoms with Crippen molar-refractivity contribution in [2.24, 2.45) is 5.41 Å². The van der Waals surface area contributed by atoms with Gasteiger partial charge in [-0.1, -0.05) is 12.8 Å². The molecule has 0 aromatic rings. The molecule has 1 saturated heterocycles. The minimum Gasteiger partial charge on any atom is -0.393 e. The van der Waals surface area contributed by atoms with Crippen LogP contribution in [0.15, 0.2) is 0 Å². The van der Waals surface area contributed by atoms with E-state index in [2.05, 4.69) is 11.8 Å². The van der Waals surface area contributed by atoms with E-state index in [0.29, 0.717) is 17.6 Å². The molecule has 3 unspecified atom stereocenters. The number of ether oxygens (including phenoxy) is 1. The molecule has 0 radical (unpaired) electrons. The molecular weight excluding hydrogens is 238 g/mol. The second-order valence-electron chi connectivity index (χ2n) is 6.87. The molecule has 0 bridgehead atoms. The van der Waals surface area contributed by atoms with Crippen molar-refractivity contribution in [1.29, 1.82) is 0 Å². The first kappa shape index (κ1) is 13.8. The summed E-state index contributed by atoms with van der Waals surface area (Å²) in [4.78, 5) is 2.65. The smallest absolute Gasteiger partial charge is 0.0714 e. The molecule has 2 saturated carbocycles. The maximum atomic E-state index is 10.1. The van der Waals surface area contributed by atoms with Crippen LogP contribution < -0.4 is 0 Å². The van der Waals surface area contributed by atoms with Gasteiger partial charge in [0.1, 0.15) is 0 Å². The molecule has 0 aromatic heterocycles. The largest absolute Gasteiger partial charge is 0.393 e. The van der Waals surface area contributed by atoms with Crippen LogP contribution in [0.4, 0.5) is 0 Å². The van der Waals surface area contributed by atoms with Crippen molar-refractivity contribution in [2.45, 2.75) is 76.5 Å². The number of nitrogens with zero attached hydrogens (tertiary/aromatic N) is 1. The van der Waals surface area contributed by atoms with Gasteiger partial charge in [-0.25, -0.2) is 0 Å². The van der Waals surface area contributed by atoms with Gasteiger partial charge in [0.15, 0.2) is 0 Å². The van der Waals surface area contributed by atoms with Gasteiger partial charge in [0.25, 0.3) is 0 Å². The summed E-state index contributed by atoms with van der Waals surface area (Å²) in [6.45, 7) is 5.18. The molecule has 2 aliphatic carbocycles. The van der Waals surface area contributed by atoms with Crippen LogP contribution in [-0.2, 0) is 4.74 Å². The summed E-state index contributed by atoms with van der Waals surface area (Å²) in [5.41, 5.74) is 0.528. The molecule has 1 spiro atoms. The van der Waals surface area contributed by atoms with Crippen molar-refractivity contribution in [3.8, 4) is 0 Å². The third-order valence-electron chi connectivity index (χ3n) is 5.80. The zero-order valence-electron chi connectivity index (χ0n) is 12.3. The van der Waals surface area contributed by atoms with Crippen molar-refractivity contribution in [2.75, 3.05) is 19.7 Å². The average molecular weight is 267 g/mol. The minimum atomic E-state index is -0.0673. The summed E-state index contributed by atoms with van der Waals surface area (Å²) < 4.78 is 5.80. The number of hydrogen-bond donors (Lipinski definition) is 1. The Labute approximate surface area is 117 Å². The molecule has 1 N–H and O–H groups in total. The predicted octanol–water partition coefficient (Wildman–Crippen LogP) is 2.57. The van der Waals surface area contributed by atoms with Crippen LogP contribution in [-0.4, -0.2) is 48.0 Å². The van der Waals surface area contributed by atoms with E-state index in [4.69, 9.17) is 4.74 Å². The summed E-state index contributed by atoms with van der Waals surface area (Å²) in [6, 6.07) is 0.615. The molecule has 1 heterocycles. The van der Waals surface area contributed by atoms with Crippen LogP contribution in [0.2, 0.25) is 0 Å². The standard InChI is InChI=1S/C16H29NO2/c1-2-19-14-6-10-17(12-14)15-11-13(18)5-9-16(15)7-3-4-8-16/h13-15,18H,2-12H2,1H3. The van der Waals surface area contributed by atoms with Gasteiger partial charge < -0.3 is 9.84 Å². The fourth-order valence-electron chi connectivity index (χ4n) is 4.85. The van der Waals surface area contributed by atoms with Crippen molar-refractivity contribution in [3.05, 3.63) is 0 Å². The first-order chi connectivity index (χ1) is 9.23. The van der Waals surface area contributed by atoms with Gasteiger partial charge in [0.05, 0.1) is 12.2 Å². The highest BCUT2D eigenvalue weighted by atomic mass is 16.5. The normalized spacial score (nSPS) is 39.2. The molecule has 3 nitrogen and oxygen atoms in total.